The van der Waals surface area contributed by atoms with E-state index in [0.29, 0.717) is 6.42 Å². The van der Waals surface area contributed by atoms with Crippen LogP contribution in [0, 0.1) is 0 Å². The van der Waals surface area contributed by atoms with Gasteiger partial charge < -0.3 is 19.1 Å². The summed E-state index contributed by atoms with van der Waals surface area (Å²) in [6, 6.07) is 0. The minimum atomic E-state index is -4.37. The van der Waals surface area contributed by atoms with Crippen molar-refractivity contribution in [3.8, 4) is 0 Å². The molecule has 0 saturated heterocycles. The molecule has 4 unspecified atom stereocenters. The second-order valence-corrected chi connectivity index (χ2v) is 6.95. The Balaban J connectivity index is 4.44. The van der Waals surface area contributed by atoms with Crippen LogP contribution < -0.4 is 0 Å². The van der Waals surface area contributed by atoms with Gasteiger partial charge in [0.1, 0.15) is 6.10 Å². The van der Waals surface area contributed by atoms with Crippen LogP contribution in [0.5, 0.6) is 0 Å². The number of ether oxygens (including phenoxy) is 2. The van der Waals surface area contributed by atoms with E-state index in [9.17, 15) is 22.9 Å². The molecule has 0 aliphatic heterocycles. The first-order chi connectivity index (χ1) is 9.59. The fraction of sp³-hybridized carbons (Fsp3) is 0.923. The van der Waals surface area contributed by atoms with Crippen LogP contribution in [-0.2, 0) is 24.4 Å². The van der Waals surface area contributed by atoms with Gasteiger partial charge in [0.25, 0.3) is 0 Å². The molecule has 0 aliphatic carbocycles. The topological polar surface area (TPSA) is 113 Å². The largest absolute Gasteiger partial charge is 0.748 e. The lowest BCUT2D eigenvalue weighted by molar-refractivity contribution is -0.148. The van der Waals surface area contributed by atoms with E-state index in [-0.39, 0.29) is 19.3 Å². The molecule has 0 rings (SSSR count). The first kappa shape index (κ1) is 20.3. The molecule has 7 nitrogen and oxygen atoms in total. The molecule has 1 N–H and O–H groups in total. The molecule has 0 amide bonds. The third-order valence-corrected chi connectivity index (χ3v) is 4.46. The lowest BCUT2D eigenvalue weighted by Gasteiger charge is -2.25. The monoisotopic (exact) mass is 325 g/mol. The van der Waals surface area contributed by atoms with Gasteiger partial charge in [-0.1, -0.05) is 6.92 Å². The average molecular weight is 325 g/mol. The van der Waals surface area contributed by atoms with Gasteiger partial charge in [-0.25, -0.2) is 8.42 Å². The molecule has 0 saturated carbocycles. The third kappa shape index (κ3) is 9.02. The van der Waals surface area contributed by atoms with Gasteiger partial charge in [0, 0.05) is 25.7 Å². The molecule has 0 aromatic heterocycles. The van der Waals surface area contributed by atoms with E-state index in [1.165, 1.54) is 21.0 Å². The number of carbonyl (C=O) groups excluding carboxylic acids is 1. The fourth-order valence-corrected chi connectivity index (χ4v) is 2.46. The summed E-state index contributed by atoms with van der Waals surface area (Å²) in [5.74, 6) is -0.414. The second kappa shape index (κ2) is 9.34. The Morgan fingerprint density at radius 2 is 1.76 bits per heavy atom. The maximum atomic E-state index is 10.9. The fourth-order valence-electron chi connectivity index (χ4n) is 2.01. The van der Waals surface area contributed by atoms with E-state index in [2.05, 4.69) is 0 Å². The molecule has 0 spiro atoms. The summed E-state index contributed by atoms with van der Waals surface area (Å²) < 4.78 is 42.8. The number of aliphatic hydroxyl groups is 1. The van der Waals surface area contributed by atoms with Gasteiger partial charge in [-0.3, -0.25) is 4.79 Å². The summed E-state index contributed by atoms with van der Waals surface area (Å²) in [6.07, 6.45) is -0.739. The molecule has 0 fully saturated rings. The highest BCUT2D eigenvalue weighted by Gasteiger charge is 2.23. The zero-order valence-electron chi connectivity index (χ0n) is 12.9. The van der Waals surface area contributed by atoms with Gasteiger partial charge in [-0.15, -0.1) is 0 Å². The van der Waals surface area contributed by atoms with Crippen molar-refractivity contribution >= 4 is 16.1 Å². The molecule has 8 heteroatoms. The number of hydrogen-bond acceptors (Lipinski definition) is 7. The summed E-state index contributed by atoms with van der Waals surface area (Å²) in [7, 11) is -2.97. The zero-order chi connectivity index (χ0) is 16.6. The molecule has 0 aromatic rings. The molecule has 0 bridgehead atoms. The van der Waals surface area contributed by atoms with Crippen molar-refractivity contribution in [2.75, 3.05) is 7.11 Å². The van der Waals surface area contributed by atoms with Crippen LogP contribution in [0.15, 0.2) is 0 Å². The Hall–Kier alpha value is -0.700. The van der Waals surface area contributed by atoms with E-state index < -0.39 is 39.6 Å². The van der Waals surface area contributed by atoms with Crippen molar-refractivity contribution in [2.45, 2.75) is 70.0 Å². The van der Waals surface area contributed by atoms with Crippen molar-refractivity contribution in [3.05, 3.63) is 0 Å². The average Bonchev–Trinajstić information content (AvgIpc) is 2.35. The van der Waals surface area contributed by atoms with Gasteiger partial charge in [0.05, 0.1) is 22.3 Å². The van der Waals surface area contributed by atoms with Gasteiger partial charge in [0.2, 0.25) is 0 Å². The van der Waals surface area contributed by atoms with Crippen LogP contribution in [0.25, 0.3) is 0 Å². The van der Waals surface area contributed by atoms with Crippen molar-refractivity contribution in [1.29, 1.82) is 0 Å². The van der Waals surface area contributed by atoms with Crippen molar-refractivity contribution in [1.82, 2.24) is 0 Å². The summed E-state index contributed by atoms with van der Waals surface area (Å²) in [4.78, 5) is 10.9. The van der Waals surface area contributed by atoms with Crippen molar-refractivity contribution in [3.63, 3.8) is 0 Å². The van der Waals surface area contributed by atoms with Gasteiger partial charge in [-0.2, -0.15) is 0 Å². The summed E-state index contributed by atoms with van der Waals surface area (Å²) >= 11 is 0. The van der Waals surface area contributed by atoms with E-state index >= 15 is 0 Å². The number of aliphatic hydroxyl groups excluding tert-OH is 1. The summed E-state index contributed by atoms with van der Waals surface area (Å²) in [5, 5.41) is 8.90. The molecule has 126 valence electrons. The van der Waals surface area contributed by atoms with Crippen LogP contribution >= 0.6 is 0 Å². The van der Waals surface area contributed by atoms with E-state index in [1.807, 2.05) is 6.92 Å². The maximum Gasteiger partial charge on any atom is 0.302 e. The predicted molar refractivity (Wildman–Crippen MR) is 75.7 cm³/mol. The SMILES string of the molecule is CCC(CC(O)CC(CC(C)S(=O)(=O)[O-])OC)OC(C)=O. The number of esters is 1. The third-order valence-electron chi connectivity index (χ3n) is 3.28. The molecule has 0 aliphatic rings. The Bertz CT molecular complexity index is 407. The Labute approximate surface area is 126 Å². The molecule has 0 aromatic carbocycles. The maximum absolute atomic E-state index is 10.9. The Kier molecular flexibility index (Phi) is 9.03. The highest BCUT2D eigenvalue weighted by Crippen LogP contribution is 2.17. The number of hydrogen-bond donors (Lipinski definition) is 1. The zero-order valence-corrected chi connectivity index (χ0v) is 13.8. The second-order valence-electron chi connectivity index (χ2n) is 5.16. The smallest absolute Gasteiger partial charge is 0.302 e. The minimum Gasteiger partial charge on any atom is -0.748 e. The normalized spacial score (nSPS) is 17.8. The Morgan fingerprint density at radius 1 is 1.24 bits per heavy atom. The Morgan fingerprint density at radius 3 is 2.14 bits per heavy atom. The van der Waals surface area contributed by atoms with E-state index in [4.69, 9.17) is 9.47 Å². The number of carbonyl (C=O) groups is 1. The molecule has 4 atom stereocenters. The van der Waals surface area contributed by atoms with Gasteiger partial charge in [0.15, 0.2) is 0 Å². The lowest BCUT2D eigenvalue weighted by Crippen LogP contribution is -2.30. The summed E-state index contributed by atoms with van der Waals surface area (Å²) in [6.45, 7) is 4.45. The predicted octanol–water partition coefficient (Wildman–Crippen LogP) is 0.808. The highest BCUT2D eigenvalue weighted by atomic mass is 32.2. The van der Waals surface area contributed by atoms with Crippen LogP contribution in [0.4, 0.5) is 0 Å². The molecule has 0 heterocycles. The molecule has 0 radical (unpaired) electrons. The standard InChI is InChI=1S/C13H26O7S/c1-5-12(20-10(3)14)7-11(15)8-13(19-4)6-9(2)21(16,17)18/h9,11-13,15H,5-8H2,1-4H3,(H,16,17,18)/p-1. The first-order valence-electron chi connectivity index (χ1n) is 6.92. The highest BCUT2D eigenvalue weighted by molar-refractivity contribution is 7.86. The molecular weight excluding hydrogens is 300 g/mol. The van der Waals surface area contributed by atoms with Crippen molar-refractivity contribution in [2.24, 2.45) is 0 Å². The van der Waals surface area contributed by atoms with Crippen LogP contribution in [0.1, 0.15) is 46.5 Å². The van der Waals surface area contributed by atoms with Gasteiger partial charge >= 0.3 is 5.97 Å². The summed E-state index contributed by atoms with van der Waals surface area (Å²) in [5.41, 5.74) is 0. The van der Waals surface area contributed by atoms with Crippen molar-refractivity contribution < 1.29 is 32.3 Å². The van der Waals surface area contributed by atoms with Crippen LogP contribution in [-0.4, -0.2) is 54.7 Å². The van der Waals surface area contributed by atoms with Crippen LogP contribution in [0.3, 0.4) is 0 Å². The lowest BCUT2D eigenvalue weighted by atomic mass is 10.0. The van der Waals surface area contributed by atoms with E-state index in [0.717, 1.165) is 0 Å². The van der Waals surface area contributed by atoms with Gasteiger partial charge in [-0.05, 0) is 26.2 Å². The van der Waals surface area contributed by atoms with Crippen LogP contribution in [0.2, 0.25) is 0 Å². The number of methoxy groups -OCH3 is 1. The first-order valence-corrected chi connectivity index (χ1v) is 8.40. The van der Waals surface area contributed by atoms with E-state index in [1.54, 1.807) is 0 Å². The quantitative estimate of drug-likeness (QED) is 0.467. The molecule has 21 heavy (non-hydrogen) atoms. The molecular formula is C13H25O7S-. The minimum absolute atomic E-state index is 0.0176. The number of rotatable bonds is 10.